The Labute approximate surface area is 66.7 Å². The quantitative estimate of drug-likeness (QED) is 0.658. The van der Waals surface area contributed by atoms with Gasteiger partial charge in [0.2, 0.25) is 0 Å². The van der Waals surface area contributed by atoms with Gasteiger partial charge in [-0.2, -0.15) is 0 Å². The summed E-state index contributed by atoms with van der Waals surface area (Å²) in [4.78, 5) is 0. The van der Waals surface area contributed by atoms with Crippen LogP contribution in [-0.4, -0.2) is 32.6 Å². The zero-order valence-electron chi connectivity index (χ0n) is 6.59. The number of alkyl halides is 1. The van der Waals surface area contributed by atoms with E-state index >= 15 is 0 Å². The molecule has 0 heterocycles. The van der Waals surface area contributed by atoms with Crippen LogP contribution >= 0.6 is 0 Å². The van der Waals surface area contributed by atoms with Crippen LogP contribution in [0.4, 0.5) is 4.39 Å². The first-order valence-electron chi connectivity index (χ1n) is 3.52. The van der Waals surface area contributed by atoms with Crippen molar-refractivity contribution < 1.29 is 12.8 Å². The molecule has 68 valence electrons. The minimum Gasteiger partial charge on any atom is -0.330 e. The fourth-order valence-electron chi connectivity index (χ4n) is 0.723. The van der Waals surface area contributed by atoms with Gasteiger partial charge in [0, 0.05) is 0 Å². The molecule has 0 spiro atoms. The first-order valence-corrected chi connectivity index (χ1v) is 5.23. The van der Waals surface area contributed by atoms with E-state index < -0.39 is 21.8 Å². The number of sulfone groups is 1. The highest BCUT2D eigenvalue weighted by Crippen LogP contribution is 2.05. The Morgan fingerprint density at radius 2 is 2.09 bits per heavy atom. The molecule has 0 aliphatic carbocycles. The lowest BCUT2D eigenvalue weighted by Crippen LogP contribution is -2.24. The zero-order chi connectivity index (χ0) is 8.91. The van der Waals surface area contributed by atoms with Crippen LogP contribution in [0.25, 0.3) is 0 Å². The zero-order valence-corrected chi connectivity index (χ0v) is 7.40. The van der Waals surface area contributed by atoms with E-state index in [0.29, 0.717) is 13.0 Å². The number of nitrogens with two attached hydrogens (primary N) is 1. The molecular weight excluding hydrogens is 169 g/mol. The van der Waals surface area contributed by atoms with Gasteiger partial charge in [0.1, 0.15) is 6.67 Å². The summed E-state index contributed by atoms with van der Waals surface area (Å²) in [6, 6.07) is 0. The highest BCUT2D eigenvalue weighted by molar-refractivity contribution is 7.92. The Morgan fingerprint density at radius 3 is 2.45 bits per heavy atom. The summed E-state index contributed by atoms with van der Waals surface area (Å²) in [5, 5.41) is -0.511. The van der Waals surface area contributed by atoms with Crippen molar-refractivity contribution >= 4 is 9.84 Å². The van der Waals surface area contributed by atoms with E-state index in [1.165, 1.54) is 0 Å². The molecule has 11 heavy (non-hydrogen) atoms. The Bertz CT molecular complexity index is 191. The molecule has 0 aromatic carbocycles. The van der Waals surface area contributed by atoms with Gasteiger partial charge in [-0.05, 0) is 19.9 Å². The monoisotopic (exact) mass is 183 g/mol. The second-order valence-corrected chi connectivity index (χ2v) is 4.98. The lowest BCUT2D eigenvalue weighted by molar-refractivity contribution is 0.512. The summed E-state index contributed by atoms with van der Waals surface area (Å²) in [5.41, 5.74) is 5.16. The van der Waals surface area contributed by atoms with Crippen LogP contribution in [0.1, 0.15) is 13.3 Å². The molecule has 1 atom stereocenters. The van der Waals surface area contributed by atoms with Gasteiger partial charge in [-0.15, -0.1) is 0 Å². The van der Waals surface area contributed by atoms with Crippen LogP contribution in [0.2, 0.25) is 0 Å². The summed E-state index contributed by atoms with van der Waals surface area (Å²) < 4.78 is 33.7. The number of halogens is 1. The van der Waals surface area contributed by atoms with Crippen LogP contribution in [0.15, 0.2) is 0 Å². The molecule has 0 radical (unpaired) electrons. The van der Waals surface area contributed by atoms with E-state index in [4.69, 9.17) is 5.73 Å². The second-order valence-electron chi connectivity index (χ2n) is 2.44. The molecule has 0 bridgehead atoms. The first kappa shape index (κ1) is 10.8. The van der Waals surface area contributed by atoms with Crippen molar-refractivity contribution in [3.63, 3.8) is 0 Å². The highest BCUT2D eigenvalue weighted by atomic mass is 32.2. The average molecular weight is 183 g/mol. The van der Waals surface area contributed by atoms with Crippen molar-refractivity contribution in [2.45, 2.75) is 18.6 Å². The van der Waals surface area contributed by atoms with Crippen molar-refractivity contribution in [1.82, 2.24) is 0 Å². The molecular formula is C6H14FNO2S. The van der Waals surface area contributed by atoms with Gasteiger partial charge in [-0.3, -0.25) is 0 Å². The van der Waals surface area contributed by atoms with E-state index in [2.05, 4.69) is 0 Å². The van der Waals surface area contributed by atoms with E-state index in [9.17, 15) is 12.8 Å². The molecule has 0 amide bonds. The smallest absolute Gasteiger partial charge is 0.155 e. The van der Waals surface area contributed by atoms with Gasteiger partial charge < -0.3 is 5.73 Å². The summed E-state index contributed by atoms with van der Waals surface area (Å²) in [7, 11) is -3.23. The minimum absolute atomic E-state index is 0.326. The molecule has 0 aliphatic rings. The molecule has 0 saturated carbocycles. The first-order chi connectivity index (χ1) is 5.04. The Hall–Kier alpha value is -0.160. The van der Waals surface area contributed by atoms with Gasteiger partial charge in [0.15, 0.2) is 9.84 Å². The van der Waals surface area contributed by atoms with Crippen molar-refractivity contribution in [3.05, 3.63) is 0 Å². The standard InChI is InChI=1S/C6H14FNO2S/c1-6(2-4-8)11(9,10)5-3-7/h6H,2-5,8H2,1H3. The van der Waals surface area contributed by atoms with Crippen LogP contribution in [0.3, 0.4) is 0 Å². The molecule has 0 aromatic heterocycles. The summed E-state index contributed by atoms with van der Waals surface area (Å²) in [5.74, 6) is -0.381. The number of rotatable bonds is 5. The van der Waals surface area contributed by atoms with Gasteiger partial charge in [0.05, 0.1) is 11.0 Å². The van der Waals surface area contributed by atoms with Gasteiger partial charge in [-0.25, -0.2) is 12.8 Å². The third kappa shape index (κ3) is 3.67. The lowest BCUT2D eigenvalue weighted by atomic mass is 10.3. The van der Waals surface area contributed by atoms with Gasteiger partial charge >= 0.3 is 0 Å². The predicted molar refractivity (Wildman–Crippen MR) is 42.9 cm³/mol. The van der Waals surface area contributed by atoms with Crippen LogP contribution in [-0.2, 0) is 9.84 Å². The molecule has 3 nitrogen and oxygen atoms in total. The topological polar surface area (TPSA) is 60.2 Å². The molecule has 0 rings (SSSR count). The number of hydrogen-bond donors (Lipinski definition) is 1. The molecule has 0 aliphatic heterocycles. The highest BCUT2D eigenvalue weighted by Gasteiger charge is 2.18. The summed E-state index contributed by atoms with van der Waals surface area (Å²) >= 11 is 0. The third-order valence-corrected chi connectivity index (χ3v) is 3.73. The normalized spacial score (nSPS) is 14.8. The van der Waals surface area contributed by atoms with Gasteiger partial charge in [0.25, 0.3) is 0 Å². The maximum Gasteiger partial charge on any atom is 0.155 e. The fraction of sp³-hybridized carbons (Fsp3) is 1.00. The van der Waals surface area contributed by atoms with Crippen molar-refractivity contribution in [2.24, 2.45) is 5.73 Å². The Balaban J connectivity index is 4.07. The van der Waals surface area contributed by atoms with E-state index in [-0.39, 0.29) is 5.75 Å². The summed E-state index contributed by atoms with van der Waals surface area (Å²) in [6.45, 7) is 1.07. The second kappa shape index (κ2) is 4.66. The molecule has 2 N–H and O–H groups in total. The third-order valence-electron chi connectivity index (χ3n) is 1.55. The van der Waals surface area contributed by atoms with Crippen LogP contribution in [0, 0.1) is 0 Å². The Morgan fingerprint density at radius 1 is 1.55 bits per heavy atom. The molecule has 0 aromatic rings. The molecule has 1 unspecified atom stereocenters. The van der Waals surface area contributed by atoms with Crippen LogP contribution in [0.5, 0.6) is 0 Å². The largest absolute Gasteiger partial charge is 0.330 e. The molecule has 0 fully saturated rings. The van der Waals surface area contributed by atoms with E-state index in [1.807, 2.05) is 0 Å². The van der Waals surface area contributed by atoms with Crippen molar-refractivity contribution in [3.8, 4) is 0 Å². The summed E-state index contributed by atoms with van der Waals surface area (Å²) in [6.07, 6.45) is 0.405. The van der Waals surface area contributed by atoms with Crippen LogP contribution < -0.4 is 5.73 Å². The number of hydrogen-bond acceptors (Lipinski definition) is 3. The fourth-order valence-corrected chi connectivity index (χ4v) is 1.84. The van der Waals surface area contributed by atoms with Crippen molar-refractivity contribution in [2.75, 3.05) is 19.0 Å². The Kier molecular flexibility index (Phi) is 4.60. The molecule has 5 heteroatoms. The minimum atomic E-state index is -3.23. The van der Waals surface area contributed by atoms with E-state index in [0.717, 1.165) is 0 Å². The van der Waals surface area contributed by atoms with Gasteiger partial charge in [-0.1, -0.05) is 0 Å². The maximum absolute atomic E-state index is 11.7. The average Bonchev–Trinajstić information content (AvgIpc) is 1.88. The maximum atomic E-state index is 11.7. The lowest BCUT2D eigenvalue weighted by Gasteiger charge is -2.09. The SMILES string of the molecule is CC(CCN)S(=O)(=O)CCF. The predicted octanol–water partition coefficient (Wildman–Crippen LogP) is 0.108. The van der Waals surface area contributed by atoms with E-state index in [1.54, 1.807) is 6.92 Å². The molecule has 0 saturated heterocycles. The van der Waals surface area contributed by atoms with Crippen molar-refractivity contribution in [1.29, 1.82) is 0 Å².